The van der Waals surface area contributed by atoms with Gasteiger partial charge in [-0.25, -0.2) is 4.98 Å². The monoisotopic (exact) mass is 323 g/mol. The minimum absolute atomic E-state index is 0.000561. The van der Waals surface area contributed by atoms with Gasteiger partial charge in [-0.15, -0.1) is 11.3 Å². The molecule has 0 spiro atoms. The molecule has 2 aromatic heterocycles. The normalized spacial score (nSPS) is 12.8. The van der Waals surface area contributed by atoms with Crippen LogP contribution in [-0.4, -0.2) is 33.0 Å². The van der Waals surface area contributed by atoms with Crippen molar-refractivity contribution in [3.63, 3.8) is 0 Å². The number of rotatable bonds is 5. The highest BCUT2D eigenvalue weighted by Gasteiger charge is 2.19. The lowest BCUT2D eigenvalue weighted by Gasteiger charge is -2.17. The summed E-state index contributed by atoms with van der Waals surface area (Å²) in [6, 6.07) is -0.363. The van der Waals surface area contributed by atoms with Gasteiger partial charge in [0, 0.05) is 16.8 Å². The molecule has 6 nitrogen and oxygen atoms in total. The molecule has 0 saturated heterocycles. The lowest BCUT2D eigenvalue weighted by Crippen LogP contribution is -2.41. The number of hydrogen-bond donors (Lipinski definition) is 2. The van der Waals surface area contributed by atoms with E-state index in [2.05, 4.69) is 10.3 Å². The average Bonchev–Trinajstić information content (AvgIpc) is 2.73. The summed E-state index contributed by atoms with van der Waals surface area (Å²) in [5.41, 5.74) is 0.430. The molecule has 2 rings (SSSR count). The van der Waals surface area contributed by atoms with Crippen molar-refractivity contribution in [3.8, 4) is 0 Å². The number of aromatic nitrogens is 2. The van der Waals surface area contributed by atoms with Crippen molar-refractivity contribution in [2.24, 2.45) is 5.92 Å². The van der Waals surface area contributed by atoms with Gasteiger partial charge in [-0.05, 0) is 26.2 Å². The summed E-state index contributed by atoms with van der Waals surface area (Å²) in [5, 5.41) is 12.1. The molecule has 1 unspecified atom stereocenters. The molecule has 22 heavy (non-hydrogen) atoms. The Labute approximate surface area is 132 Å². The molecule has 0 saturated carbocycles. The fraction of sp³-hybridized carbons (Fsp3) is 0.533. The SMILES string of the molecule is Cc1sc2ncc(C(=O)NC(CO)CC(C)C)c(=O)n2c1C. The average molecular weight is 323 g/mol. The Morgan fingerprint density at radius 1 is 1.45 bits per heavy atom. The van der Waals surface area contributed by atoms with Crippen LogP contribution in [0.15, 0.2) is 11.0 Å². The second kappa shape index (κ2) is 6.58. The molecule has 0 aromatic carbocycles. The first kappa shape index (κ1) is 16.6. The van der Waals surface area contributed by atoms with Crippen molar-refractivity contribution >= 4 is 22.2 Å². The lowest BCUT2D eigenvalue weighted by molar-refractivity contribution is 0.0906. The van der Waals surface area contributed by atoms with Gasteiger partial charge >= 0.3 is 0 Å². The number of hydrogen-bond acceptors (Lipinski definition) is 5. The fourth-order valence-corrected chi connectivity index (χ4v) is 3.27. The fourth-order valence-electron chi connectivity index (χ4n) is 2.34. The van der Waals surface area contributed by atoms with Crippen LogP contribution in [0.2, 0.25) is 0 Å². The van der Waals surface area contributed by atoms with E-state index in [9.17, 15) is 14.7 Å². The quantitative estimate of drug-likeness (QED) is 0.873. The Morgan fingerprint density at radius 3 is 2.73 bits per heavy atom. The summed E-state index contributed by atoms with van der Waals surface area (Å²) in [4.78, 5) is 30.6. The topological polar surface area (TPSA) is 83.7 Å². The molecular weight excluding hydrogens is 302 g/mol. The molecule has 0 fully saturated rings. The Bertz CT molecular complexity index is 748. The Morgan fingerprint density at radius 2 is 2.14 bits per heavy atom. The van der Waals surface area contributed by atoms with Crippen LogP contribution in [0.1, 0.15) is 41.2 Å². The van der Waals surface area contributed by atoms with Crippen LogP contribution in [-0.2, 0) is 0 Å². The van der Waals surface area contributed by atoms with Gasteiger partial charge in [-0.3, -0.25) is 14.0 Å². The highest BCUT2D eigenvalue weighted by molar-refractivity contribution is 7.17. The number of aryl methyl sites for hydroxylation is 2. The van der Waals surface area contributed by atoms with E-state index in [1.165, 1.54) is 21.9 Å². The van der Waals surface area contributed by atoms with Gasteiger partial charge in [0.1, 0.15) is 5.56 Å². The number of thiazole rings is 1. The molecule has 0 aliphatic heterocycles. The molecular formula is C15H21N3O3S. The number of nitrogens with one attached hydrogen (secondary N) is 1. The molecule has 1 amide bonds. The maximum Gasteiger partial charge on any atom is 0.271 e. The molecule has 0 aliphatic rings. The van der Waals surface area contributed by atoms with Crippen molar-refractivity contribution in [2.45, 2.75) is 40.2 Å². The van der Waals surface area contributed by atoms with E-state index >= 15 is 0 Å². The van der Waals surface area contributed by atoms with E-state index < -0.39 is 5.91 Å². The van der Waals surface area contributed by atoms with Gasteiger partial charge in [0.05, 0.1) is 12.6 Å². The smallest absolute Gasteiger partial charge is 0.271 e. The van der Waals surface area contributed by atoms with Crippen LogP contribution >= 0.6 is 11.3 Å². The number of carbonyl (C=O) groups is 1. The first-order valence-corrected chi connectivity index (χ1v) is 8.06. The zero-order valence-electron chi connectivity index (χ0n) is 13.2. The van der Waals surface area contributed by atoms with Crippen molar-refractivity contribution in [2.75, 3.05) is 6.61 Å². The van der Waals surface area contributed by atoms with Crippen LogP contribution in [0, 0.1) is 19.8 Å². The summed E-state index contributed by atoms with van der Waals surface area (Å²) in [7, 11) is 0. The Hall–Kier alpha value is -1.73. The zero-order chi connectivity index (χ0) is 16.4. The van der Waals surface area contributed by atoms with E-state index in [1.54, 1.807) is 0 Å². The molecule has 7 heteroatoms. The van der Waals surface area contributed by atoms with Crippen molar-refractivity contribution in [1.29, 1.82) is 0 Å². The van der Waals surface area contributed by atoms with E-state index in [0.29, 0.717) is 17.3 Å². The minimum Gasteiger partial charge on any atom is -0.394 e. The second-order valence-electron chi connectivity index (χ2n) is 5.82. The van der Waals surface area contributed by atoms with Crippen molar-refractivity contribution in [3.05, 3.63) is 32.7 Å². The molecule has 1 atom stereocenters. The summed E-state index contributed by atoms with van der Waals surface area (Å²) >= 11 is 1.42. The standard InChI is InChI=1S/C15H21N3O3S/c1-8(2)5-11(7-19)17-13(20)12-6-16-15-18(14(12)21)9(3)10(4)22-15/h6,8,11,19H,5,7H2,1-4H3,(H,17,20). The Kier molecular flexibility index (Phi) is 4.97. The third-order valence-electron chi connectivity index (χ3n) is 3.57. The molecule has 0 bridgehead atoms. The number of aliphatic hydroxyl groups is 1. The van der Waals surface area contributed by atoms with Crippen LogP contribution in [0.4, 0.5) is 0 Å². The molecule has 2 N–H and O–H groups in total. The summed E-state index contributed by atoms with van der Waals surface area (Å²) in [6.45, 7) is 7.61. The second-order valence-corrected chi connectivity index (χ2v) is 7.00. The predicted molar refractivity (Wildman–Crippen MR) is 86.6 cm³/mol. The van der Waals surface area contributed by atoms with Crippen LogP contribution < -0.4 is 10.9 Å². The van der Waals surface area contributed by atoms with Gasteiger partial charge in [-0.2, -0.15) is 0 Å². The van der Waals surface area contributed by atoms with Gasteiger partial charge in [0.25, 0.3) is 11.5 Å². The summed E-state index contributed by atoms with van der Waals surface area (Å²) in [6.07, 6.45) is 1.96. The number of aliphatic hydroxyl groups excluding tert-OH is 1. The van der Waals surface area contributed by atoms with E-state index in [1.807, 2.05) is 27.7 Å². The van der Waals surface area contributed by atoms with Gasteiger partial charge in [0.15, 0.2) is 4.96 Å². The van der Waals surface area contributed by atoms with Crippen LogP contribution in [0.3, 0.4) is 0 Å². The number of fused-ring (bicyclic) bond motifs is 1. The maximum atomic E-state index is 12.5. The third kappa shape index (κ3) is 3.20. The highest BCUT2D eigenvalue weighted by atomic mass is 32.1. The summed E-state index contributed by atoms with van der Waals surface area (Å²) < 4.78 is 1.46. The van der Waals surface area contributed by atoms with Crippen molar-refractivity contribution < 1.29 is 9.90 Å². The van der Waals surface area contributed by atoms with E-state index in [0.717, 1.165) is 10.6 Å². The van der Waals surface area contributed by atoms with E-state index in [-0.39, 0.29) is 23.8 Å². The first-order chi connectivity index (χ1) is 10.3. The highest BCUT2D eigenvalue weighted by Crippen LogP contribution is 2.18. The van der Waals surface area contributed by atoms with Gasteiger partial charge in [-0.1, -0.05) is 13.8 Å². The molecule has 2 aromatic rings. The number of carbonyl (C=O) groups excluding carboxylic acids is 1. The summed E-state index contributed by atoms with van der Waals surface area (Å²) in [5.74, 6) is -0.157. The number of amides is 1. The molecule has 2 heterocycles. The van der Waals surface area contributed by atoms with Crippen molar-refractivity contribution in [1.82, 2.24) is 14.7 Å². The van der Waals surface area contributed by atoms with Crippen LogP contribution in [0.25, 0.3) is 4.96 Å². The first-order valence-electron chi connectivity index (χ1n) is 7.24. The maximum absolute atomic E-state index is 12.5. The lowest BCUT2D eigenvalue weighted by atomic mass is 10.0. The predicted octanol–water partition coefficient (Wildman–Crippen LogP) is 1.51. The minimum atomic E-state index is -0.491. The Balaban J connectivity index is 2.34. The van der Waals surface area contributed by atoms with Gasteiger partial charge < -0.3 is 10.4 Å². The van der Waals surface area contributed by atoms with E-state index in [4.69, 9.17) is 0 Å². The molecule has 120 valence electrons. The number of nitrogens with zero attached hydrogens (tertiary/aromatic N) is 2. The molecule has 0 aliphatic carbocycles. The van der Waals surface area contributed by atoms with Crippen LogP contribution in [0.5, 0.6) is 0 Å². The van der Waals surface area contributed by atoms with Gasteiger partial charge in [0.2, 0.25) is 0 Å². The third-order valence-corrected chi connectivity index (χ3v) is 4.65. The molecule has 0 radical (unpaired) electrons. The largest absolute Gasteiger partial charge is 0.394 e. The zero-order valence-corrected chi connectivity index (χ0v) is 14.0.